The third kappa shape index (κ3) is 38.3. The second-order valence-corrected chi connectivity index (χ2v) is 27.2. The van der Waals surface area contributed by atoms with E-state index in [1.165, 1.54) is 110 Å². The zero-order valence-electron chi connectivity index (χ0n) is 56.5. The fraction of sp³-hybridized carbons (Fsp3) is 0.342. The Hall–Kier alpha value is -5.82. The second-order valence-electron chi connectivity index (χ2n) is 22.8. The maximum Gasteiger partial charge on any atom is 1.00 e. The summed E-state index contributed by atoms with van der Waals surface area (Å²) in [5, 5.41) is 15.0. The maximum absolute atomic E-state index is 10.7. The number of rotatable bonds is 20. The molecule has 102 heavy (non-hydrogen) atoms. The van der Waals surface area contributed by atoms with Crippen LogP contribution in [-0.4, -0.2) is 91.4 Å². The first kappa shape index (κ1) is 94.2. The van der Waals surface area contributed by atoms with Crippen LogP contribution in [0.15, 0.2) is 243 Å². The van der Waals surface area contributed by atoms with E-state index in [9.17, 15) is 26.3 Å². The minimum atomic E-state index is -6.09. The molecule has 560 valence electrons. The zero-order chi connectivity index (χ0) is 73.7. The number of benzene rings is 8. The van der Waals surface area contributed by atoms with Gasteiger partial charge < -0.3 is 9.11 Å². The molecule has 4 atom stereocenters. The molecular formula is C76H86Cl4Cu2F6N6O6S2. The SMILES string of the molecule is CC#N.CC#N.ClCCl.ClCCl.O=S(=O)([O-])C(F)(F)F.O=S(=O)([O-])C(F)(F)F.[Cu+].[Cu+].c1ccc(CN(Cc2ccccc2)[C@@H]2CCCC[C@H]2N(Cc2ccccc2)Cc2ccccc2)cc1.c1ccc(CN(Cc2ccccc2)[C@@H]2CCCC[C@H]2N(Cc2ccccc2)Cc2ccccc2)cc1. The molecule has 2 saturated carbocycles. The summed E-state index contributed by atoms with van der Waals surface area (Å²) in [6, 6.07) is 93.8. The Labute approximate surface area is 641 Å². The molecule has 12 nitrogen and oxygen atoms in total. The van der Waals surface area contributed by atoms with Crippen molar-refractivity contribution in [1.29, 1.82) is 10.5 Å². The molecule has 26 heteroatoms. The van der Waals surface area contributed by atoms with E-state index >= 15 is 0 Å². The van der Waals surface area contributed by atoms with Crippen LogP contribution in [0.3, 0.4) is 0 Å². The summed E-state index contributed by atoms with van der Waals surface area (Å²) < 4.78 is 118. The van der Waals surface area contributed by atoms with Crippen molar-refractivity contribution in [2.24, 2.45) is 0 Å². The Morgan fingerprint density at radius 3 is 0.520 bits per heavy atom. The van der Waals surface area contributed by atoms with Crippen molar-refractivity contribution in [2.45, 2.75) is 153 Å². The van der Waals surface area contributed by atoms with Crippen molar-refractivity contribution in [3.05, 3.63) is 287 Å². The number of hydrogen-bond donors (Lipinski definition) is 0. The summed E-state index contributed by atoms with van der Waals surface area (Å²) in [6.45, 7) is 10.8. The van der Waals surface area contributed by atoms with Crippen LogP contribution in [0.5, 0.6) is 0 Å². The molecule has 0 spiro atoms. The molecule has 2 aliphatic rings. The summed E-state index contributed by atoms with van der Waals surface area (Å²) in [4.78, 5) is 11.0. The van der Waals surface area contributed by atoms with Crippen LogP contribution in [0.2, 0.25) is 0 Å². The molecule has 0 N–H and O–H groups in total. The predicted molar refractivity (Wildman–Crippen MR) is 388 cm³/mol. The van der Waals surface area contributed by atoms with Crippen LogP contribution >= 0.6 is 46.4 Å². The molecule has 8 aromatic carbocycles. The summed E-state index contributed by atoms with van der Waals surface area (Å²) in [5.74, 6) is 0. The quantitative estimate of drug-likeness (QED) is 0.0232. The molecule has 10 rings (SSSR count). The third-order valence-electron chi connectivity index (χ3n) is 15.7. The van der Waals surface area contributed by atoms with Crippen LogP contribution in [0.1, 0.15) is 110 Å². The first-order chi connectivity index (χ1) is 47.9. The van der Waals surface area contributed by atoms with Gasteiger partial charge in [-0.05, 0) is 70.2 Å². The molecule has 0 aliphatic heterocycles. The second kappa shape index (κ2) is 53.0. The number of nitriles is 2. The van der Waals surface area contributed by atoms with Gasteiger partial charge in [0.05, 0.1) is 22.8 Å². The normalized spacial score (nSPS) is 15.4. The Balaban J connectivity index is 0.000000735. The Morgan fingerprint density at radius 1 is 0.333 bits per heavy atom. The topological polar surface area (TPSA) is 175 Å². The number of alkyl halides is 10. The molecule has 0 aromatic heterocycles. The molecule has 8 aromatic rings. The minimum absolute atomic E-state index is 0. The maximum atomic E-state index is 10.7. The van der Waals surface area contributed by atoms with Crippen LogP contribution in [0.25, 0.3) is 0 Å². The van der Waals surface area contributed by atoms with Gasteiger partial charge in [-0.25, -0.2) is 16.8 Å². The van der Waals surface area contributed by atoms with Gasteiger partial charge in [-0.1, -0.05) is 268 Å². The average molecular weight is 1630 g/mol. The monoisotopic (exact) mass is 1620 g/mol. The Bertz CT molecular complexity index is 3130. The standard InChI is InChI=1S/2C34H38N2.2C2H3N.2CH2Cl2.2CHF3O3S.2Cu/c2*1-5-15-29(16-6-1)25-35(26-30-17-7-2-8-18-30)33-23-13-14-24-34(33)36(27-31-19-9-3-10-20-31)28-32-21-11-4-12-22-32;2*1-2-3;2*2-1-3;2*2-1(3,4)8(5,6)7;;/h2*1-12,15-22,33-34H,13-14,23-28H2;2*1H3;2*1H2;2*(H,5,6,7);;/q;;;;;;;;2*+1/p-2/t2*33-,34-;;;;;;;;/m11......../s1. The van der Waals surface area contributed by atoms with E-state index in [1.54, 1.807) is 12.1 Å². The van der Waals surface area contributed by atoms with Gasteiger partial charge in [-0.15, -0.1) is 46.4 Å². The summed E-state index contributed by atoms with van der Waals surface area (Å²) in [7, 11) is -12.2. The Morgan fingerprint density at radius 2 is 0.431 bits per heavy atom. The van der Waals surface area contributed by atoms with E-state index in [0.717, 1.165) is 52.4 Å². The minimum Gasteiger partial charge on any atom is -0.741 e. The van der Waals surface area contributed by atoms with Crippen molar-refractivity contribution in [1.82, 2.24) is 19.6 Å². The van der Waals surface area contributed by atoms with Crippen molar-refractivity contribution < 1.29 is 86.4 Å². The molecule has 0 radical (unpaired) electrons. The smallest absolute Gasteiger partial charge is 0.741 e. The largest absolute Gasteiger partial charge is 1.00 e. The fourth-order valence-corrected chi connectivity index (χ4v) is 11.6. The molecule has 2 fully saturated rings. The van der Waals surface area contributed by atoms with Crippen molar-refractivity contribution in [3.8, 4) is 12.1 Å². The van der Waals surface area contributed by atoms with E-state index in [0.29, 0.717) is 24.2 Å². The number of hydrogen-bond acceptors (Lipinski definition) is 12. The van der Waals surface area contributed by atoms with E-state index in [2.05, 4.69) is 262 Å². The molecule has 0 saturated heterocycles. The van der Waals surface area contributed by atoms with Crippen molar-refractivity contribution in [3.63, 3.8) is 0 Å². The van der Waals surface area contributed by atoms with Gasteiger partial charge in [0.2, 0.25) is 0 Å². The third-order valence-corrected chi connectivity index (χ3v) is 16.8. The average Bonchev–Trinajstić information content (AvgIpc) is 0.814. The van der Waals surface area contributed by atoms with Gasteiger partial charge in [0, 0.05) is 90.4 Å². The van der Waals surface area contributed by atoms with Gasteiger partial charge in [-0.3, -0.25) is 19.6 Å². The Kier molecular flexibility index (Phi) is 49.0. The number of halogens is 10. The van der Waals surface area contributed by atoms with E-state index in [4.69, 9.17) is 82.9 Å². The number of nitrogens with zero attached hydrogens (tertiary/aromatic N) is 6. The predicted octanol–water partition coefficient (Wildman–Crippen LogP) is 19.4. The van der Waals surface area contributed by atoms with Gasteiger partial charge in [0.25, 0.3) is 0 Å². The van der Waals surface area contributed by atoms with Crippen molar-refractivity contribution in [2.75, 3.05) is 10.7 Å². The summed E-state index contributed by atoms with van der Waals surface area (Å²) >= 11 is 19.1. The molecule has 0 amide bonds. The van der Waals surface area contributed by atoms with Crippen LogP contribution < -0.4 is 0 Å². The first-order valence-corrected chi connectivity index (χ1v) is 37.0. The summed E-state index contributed by atoms with van der Waals surface area (Å²) in [6.07, 6.45) is 10.3. The van der Waals surface area contributed by atoms with E-state index < -0.39 is 31.3 Å². The summed E-state index contributed by atoms with van der Waals surface area (Å²) in [5.41, 5.74) is -0.103. The molecular weight excluding hydrogens is 1540 g/mol. The van der Waals surface area contributed by atoms with E-state index in [1.807, 2.05) is 0 Å². The first-order valence-electron chi connectivity index (χ1n) is 32.0. The molecule has 0 bridgehead atoms. The van der Waals surface area contributed by atoms with Crippen LogP contribution in [0.4, 0.5) is 26.3 Å². The van der Waals surface area contributed by atoms with Crippen LogP contribution in [-0.2, 0) is 107 Å². The zero-order valence-corrected chi connectivity index (χ0v) is 63.0. The van der Waals surface area contributed by atoms with Crippen LogP contribution in [0, 0.1) is 22.7 Å². The molecule has 0 unspecified atom stereocenters. The van der Waals surface area contributed by atoms with Gasteiger partial charge in [0.1, 0.15) is 0 Å². The van der Waals surface area contributed by atoms with Gasteiger partial charge in [0.15, 0.2) is 20.2 Å². The molecule has 0 heterocycles. The fourth-order valence-electron chi connectivity index (χ4n) is 11.6. The van der Waals surface area contributed by atoms with Crippen molar-refractivity contribution >= 4 is 66.6 Å². The van der Waals surface area contributed by atoms with Gasteiger partial charge in [-0.2, -0.15) is 36.9 Å². The molecule has 2 aliphatic carbocycles. The van der Waals surface area contributed by atoms with Gasteiger partial charge >= 0.3 is 45.2 Å². The van der Waals surface area contributed by atoms with E-state index in [-0.39, 0.29) is 44.8 Å².